The average Bonchev–Trinajstić information content (AvgIpc) is 2.94. The van der Waals surface area contributed by atoms with Gasteiger partial charge in [0.15, 0.2) is 0 Å². The summed E-state index contributed by atoms with van der Waals surface area (Å²) in [6, 6.07) is 2.91. The summed E-state index contributed by atoms with van der Waals surface area (Å²) in [6.07, 6.45) is 6.05. The summed E-state index contributed by atoms with van der Waals surface area (Å²) >= 11 is 0. The summed E-state index contributed by atoms with van der Waals surface area (Å²) in [6.45, 7) is 6.45. The van der Waals surface area contributed by atoms with Crippen LogP contribution in [-0.4, -0.2) is 35.1 Å². The molecule has 1 N–H and O–H groups in total. The van der Waals surface area contributed by atoms with Crippen LogP contribution in [0.3, 0.4) is 0 Å². The summed E-state index contributed by atoms with van der Waals surface area (Å²) in [5, 5.41) is 7.99. The van der Waals surface area contributed by atoms with Crippen molar-refractivity contribution in [3.8, 4) is 0 Å². The molecule has 1 aliphatic heterocycles. The molecule has 0 spiro atoms. The van der Waals surface area contributed by atoms with Gasteiger partial charge in [0.05, 0.1) is 17.9 Å². The lowest BCUT2D eigenvalue weighted by molar-refractivity contribution is 0.0335. The van der Waals surface area contributed by atoms with Crippen molar-refractivity contribution < 1.29 is 4.74 Å². The number of hydrogen-bond donors (Lipinski definition) is 1. The molecule has 0 radical (unpaired) electrons. The molecule has 4 heteroatoms. The average molecular weight is 251 g/mol. The Morgan fingerprint density at radius 1 is 1.50 bits per heavy atom. The van der Waals surface area contributed by atoms with E-state index >= 15 is 0 Å². The Labute approximate surface area is 110 Å². The molecule has 0 saturated carbocycles. The van der Waals surface area contributed by atoms with Gasteiger partial charge in [0, 0.05) is 24.7 Å². The lowest BCUT2D eigenvalue weighted by Gasteiger charge is -2.22. The highest BCUT2D eigenvalue weighted by Gasteiger charge is 2.29. The molecule has 18 heavy (non-hydrogen) atoms. The van der Waals surface area contributed by atoms with Gasteiger partial charge in [0.25, 0.3) is 0 Å². The van der Waals surface area contributed by atoms with Crippen LogP contribution in [-0.2, 0) is 11.2 Å². The fraction of sp³-hybridized carbons (Fsp3) is 0.786. The number of nitrogens with zero attached hydrogens (tertiary/aromatic N) is 2. The molecule has 3 atom stereocenters. The quantitative estimate of drug-likeness (QED) is 0.871. The SMILES string of the molecule is CNC(Cc1ccn(C(C)C)n1)C1CCC(C)O1. The van der Waals surface area contributed by atoms with Crippen molar-refractivity contribution in [1.29, 1.82) is 0 Å². The first kappa shape index (κ1) is 13.6. The molecule has 0 bridgehead atoms. The minimum Gasteiger partial charge on any atom is -0.374 e. The van der Waals surface area contributed by atoms with Crippen molar-refractivity contribution in [2.24, 2.45) is 0 Å². The van der Waals surface area contributed by atoms with E-state index in [1.165, 1.54) is 6.42 Å². The van der Waals surface area contributed by atoms with E-state index in [0.29, 0.717) is 24.3 Å². The summed E-state index contributed by atoms with van der Waals surface area (Å²) < 4.78 is 7.96. The first-order chi connectivity index (χ1) is 8.60. The van der Waals surface area contributed by atoms with Crippen LogP contribution >= 0.6 is 0 Å². The van der Waals surface area contributed by atoms with Crippen molar-refractivity contribution in [2.45, 2.75) is 64.3 Å². The Morgan fingerprint density at radius 3 is 2.78 bits per heavy atom. The van der Waals surface area contributed by atoms with Gasteiger partial charge in [0.1, 0.15) is 0 Å². The zero-order valence-electron chi connectivity index (χ0n) is 11.9. The van der Waals surface area contributed by atoms with Crippen molar-refractivity contribution in [3.05, 3.63) is 18.0 Å². The lowest BCUT2D eigenvalue weighted by Crippen LogP contribution is -2.39. The predicted molar refractivity (Wildman–Crippen MR) is 72.7 cm³/mol. The fourth-order valence-corrected chi connectivity index (χ4v) is 2.55. The number of nitrogens with one attached hydrogen (secondary N) is 1. The predicted octanol–water partition coefficient (Wildman–Crippen LogP) is 2.16. The van der Waals surface area contributed by atoms with Crippen molar-refractivity contribution in [3.63, 3.8) is 0 Å². The summed E-state index contributed by atoms with van der Waals surface area (Å²) in [5.74, 6) is 0. The third-order valence-corrected chi connectivity index (χ3v) is 3.71. The second-order valence-corrected chi connectivity index (χ2v) is 5.54. The zero-order chi connectivity index (χ0) is 13.1. The number of ether oxygens (including phenoxy) is 1. The normalized spacial score (nSPS) is 25.8. The molecule has 1 aromatic rings. The molecular weight excluding hydrogens is 226 g/mol. The van der Waals surface area contributed by atoms with E-state index in [9.17, 15) is 0 Å². The molecule has 0 amide bonds. The van der Waals surface area contributed by atoms with E-state index in [0.717, 1.165) is 18.5 Å². The molecule has 2 heterocycles. The Morgan fingerprint density at radius 2 is 2.28 bits per heavy atom. The largest absolute Gasteiger partial charge is 0.374 e. The van der Waals surface area contributed by atoms with Crippen LogP contribution in [0.2, 0.25) is 0 Å². The molecule has 4 nitrogen and oxygen atoms in total. The molecule has 1 saturated heterocycles. The maximum Gasteiger partial charge on any atom is 0.0736 e. The van der Waals surface area contributed by atoms with Gasteiger partial charge in [-0.3, -0.25) is 4.68 Å². The molecular formula is C14H25N3O. The molecule has 1 aliphatic rings. The molecule has 1 fully saturated rings. The van der Waals surface area contributed by atoms with Gasteiger partial charge in [-0.2, -0.15) is 5.10 Å². The van der Waals surface area contributed by atoms with Crippen molar-refractivity contribution >= 4 is 0 Å². The molecule has 3 unspecified atom stereocenters. The highest BCUT2D eigenvalue weighted by Crippen LogP contribution is 2.23. The van der Waals surface area contributed by atoms with Gasteiger partial charge in [-0.05, 0) is 46.7 Å². The van der Waals surface area contributed by atoms with E-state index in [1.54, 1.807) is 0 Å². The van der Waals surface area contributed by atoms with Crippen LogP contribution < -0.4 is 5.32 Å². The molecule has 1 aromatic heterocycles. The Balaban J connectivity index is 1.96. The minimum absolute atomic E-state index is 0.328. The second-order valence-electron chi connectivity index (χ2n) is 5.54. The van der Waals surface area contributed by atoms with Gasteiger partial charge in [-0.15, -0.1) is 0 Å². The second kappa shape index (κ2) is 5.85. The molecule has 102 valence electrons. The maximum atomic E-state index is 5.94. The third kappa shape index (κ3) is 3.12. The van der Waals surface area contributed by atoms with Crippen molar-refractivity contribution in [1.82, 2.24) is 15.1 Å². The third-order valence-electron chi connectivity index (χ3n) is 3.71. The van der Waals surface area contributed by atoms with Crippen LogP contribution in [0.4, 0.5) is 0 Å². The Hall–Kier alpha value is -0.870. The highest BCUT2D eigenvalue weighted by molar-refractivity contribution is 5.03. The van der Waals surface area contributed by atoms with Crippen LogP contribution in [0.1, 0.15) is 45.3 Å². The van der Waals surface area contributed by atoms with E-state index in [1.807, 2.05) is 11.7 Å². The Bertz CT molecular complexity index is 375. The van der Waals surface area contributed by atoms with E-state index < -0.39 is 0 Å². The first-order valence-electron chi connectivity index (χ1n) is 6.97. The fourth-order valence-electron chi connectivity index (χ4n) is 2.55. The van der Waals surface area contributed by atoms with Crippen LogP contribution in [0, 0.1) is 0 Å². The van der Waals surface area contributed by atoms with Gasteiger partial charge in [-0.1, -0.05) is 0 Å². The number of hydrogen-bond acceptors (Lipinski definition) is 3. The number of rotatable bonds is 5. The zero-order valence-corrected chi connectivity index (χ0v) is 11.9. The van der Waals surface area contributed by atoms with Gasteiger partial charge in [0.2, 0.25) is 0 Å². The van der Waals surface area contributed by atoms with Gasteiger partial charge < -0.3 is 10.1 Å². The smallest absolute Gasteiger partial charge is 0.0736 e. The summed E-state index contributed by atoms with van der Waals surface area (Å²) in [7, 11) is 2.01. The molecule has 0 aliphatic carbocycles. The van der Waals surface area contributed by atoms with E-state index in [-0.39, 0.29) is 0 Å². The van der Waals surface area contributed by atoms with Crippen LogP contribution in [0.15, 0.2) is 12.3 Å². The maximum absolute atomic E-state index is 5.94. The highest BCUT2D eigenvalue weighted by atomic mass is 16.5. The monoisotopic (exact) mass is 251 g/mol. The van der Waals surface area contributed by atoms with E-state index in [2.05, 4.69) is 43.4 Å². The van der Waals surface area contributed by atoms with Gasteiger partial charge >= 0.3 is 0 Å². The van der Waals surface area contributed by atoms with Gasteiger partial charge in [-0.25, -0.2) is 0 Å². The number of aromatic nitrogens is 2. The molecule has 2 rings (SSSR count). The lowest BCUT2D eigenvalue weighted by atomic mass is 10.0. The minimum atomic E-state index is 0.328. The van der Waals surface area contributed by atoms with E-state index in [4.69, 9.17) is 4.74 Å². The topological polar surface area (TPSA) is 39.1 Å². The molecule has 0 aromatic carbocycles. The van der Waals surface area contributed by atoms with Crippen molar-refractivity contribution in [2.75, 3.05) is 7.05 Å². The standard InChI is InChI=1S/C14H25N3O/c1-10(2)17-8-7-12(16-17)9-13(15-4)14-6-5-11(3)18-14/h7-8,10-11,13-15H,5-6,9H2,1-4H3. The summed E-state index contributed by atoms with van der Waals surface area (Å²) in [4.78, 5) is 0. The van der Waals surface area contributed by atoms with Crippen LogP contribution in [0.5, 0.6) is 0 Å². The summed E-state index contributed by atoms with van der Waals surface area (Å²) in [5.41, 5.74) is 1.14. The Kier molecular flexibility index (Phi) is 4.40. The first-order valence-corrected chi connectivity index (χ1v) is 6.97. The van der Waals surface area contributed by atoms with Crippen LogP contribution in [0.25, 0.3) is 0 Å². The number of likely N-dealkylation sites (N-methyl/N-ethyl adjacent to an activating group) is 1.